The van der Waals surface area contributed by atoms with Gasteiger partial charge in [0.15, 0.2) is 0 Å². The molecule has 0 heterocycles. The third-order valence-corrected chi connectivity index (χ3v) is 3.76. The Morgan fingerprint density at radius 3 is 2.26 bits per heavy atom. The van der Waals surface area contributed by atoms with E-state index in [-0.39, 0.29) is 5.84 Å². The van der Waals surface area contributed by atoms with Gasteiger partial charge in [0.2, 0.25) is 0 Å². The first-order valence-electron chi connectivity index (χ1n) is 7.11. The predicted octanol–water partition coefficient (Wildman–Crippen LogP) is 3.37. The SMILES string of the molecule is CC1CC(C)CC(Oc2ccc(CC(=N)N)cc2)C1. The van der Waals surface area contributed by atoms with Crippen LogP contribution in [0.5, 0.6) is 5.75 Å². The maximum atomic E-state index is 7.28. The van der Waals surface area contributed by atoms with Crippen molar-refractivity contribution in [2.45, 2.75) is 45.6 Å². The molecular formula is C16H24N2O. The van der Waals surface area contributed by atoms with Crippen LogP contribution >= 0.6 is 0 Å². The van der Waals surface area contributed by atoms with E-state index in [9.17, 15) is 0 Å². The number of ether oxygens (including phenoxy) is 1. The zero-order valence-corrected chi connectivity index (χ0v) is 11.9. The summed E-state index contributed by atoms with van der Waals surface area (Å²) in [5.41, 5.74) is 6.45. The fourth-order valence-electron chi connectivity index (χ4n) is 3.07. The fourth-order valence-corrected chi connectivity index (χ4v) is 3.07. The lowest BCUT2D eigenvalue weighted by Crippen LogP contribution is -2.28. The number of rotatable bonds is 4. The lowest BCUT2D eigenvalue weighted by atomic mass is 9.82. The Balaban J connectivity index is 1.93. The lowest BCUT2D eigenvalue weighted by Gasteiger charge is -2.31. The largest absolute Gasteiger partial charge is 0.490 e. The molecule has 3 N–H and O–H groups in total. The first-order chi connectivity index (χ1) is 9.02. The minimum Gasteiger partial charge on any atom is -0.490 e. The summed E-state index contributed by atoms with van der Waals surface area (Å²) in [4.78, 5) is 0. The lowest BCUT2D eigenvalue weighted by molar-refractivity contribution is 0.101. The number of nitrogens with one attached hydrogen (secondary N) is 1. The van der Waals surface area contributed by atoms with Crippen molar-refractivity contribution >= 4 is 5.84 Å². The van der Waals surface area contributed by atoms with Crippen LogP contribution in [-0.4, -0.2) is 11.9 Å². The van der Waals surface area contributed by atoms with Crippen LogP contribution in [0.1, 0.15) is 38.7 Å². The molecule has 0 aromatic heterocycles. The molecule has 2 unspecified atom stereocenters. The Kier molecular flexibility index (Phi) is 4.46. The Labute approximate surface area is 115 Å². The van der Waals surface area contributed by atoms with Crippen molar-refractivity contribution in [1.29, 1.82) is 5.41 Å². The highest BCUT2D eigenvalue weighted by Crippen LogP contribution is 2.31. The maximum absolute atomic E-state index is 7.28. The molecule has 0 spiro atoms. The van der Waals surface area contributed by atoms with Crippen LogP contribution in [0.2, 0.25) is 0 Å². The average molecular weight is 260 g/mol. The van der Waals surface area contributed by atoms with Crippen LogP contribution in [0.3, 0.4) is 0 Å². The summed E-state index contributed by atoms with van der Waals surface area (Å²) in [6, 6.07) is 7.96. The zero-order valence-electron chi connectivity index (χ0n) is 11.9. The summed E-state index contributed by atoms with van der Waals surface area (Å²) in [7, 11) is 0. The Bertz CT molecular complexity index is 417. The van der Waals surface area contributed by atoms with Crippen molar-refractivity contribution in [2.24, 2.45) is 17.6 Å². The van der Waals surface area contributed by atoms with E-state index >= 15 is 0 Å². The van der Waals surface area contributed by atoms with Gasteiger partial charge in [-0.2, -0.15) is 0 Å². The van der Waals surface area contributed by atoms with Crippen molar-refractivity contribution in [3.8, 4) is 5.75 Å². The van der Waals surface area contributed by atoms with Gasteiger partial charge in [0.05, 0.1) is 11.9 Å². The second kappa shape index (κ2) is 6.09. The summed E-state index contributed by atoms with van der Waals surface area (Å²) in [5, 5.41) is 7.28. The van der Waals surface area contributed by atoms with Crippen molar-refractivity contribution in [3.05, 3.63) is 29.8 Å². The third kappa shape index (κ3) is 4.27. The second-order valence-corrected chi connectivity index (χ2v) is 6.00. The van der Waals surface area contributed by atoms with Crippen LogP contribution in [-0.2, 0) is 6.42 Å². The van der Waals surface area contributed by atoms with Crippen molar-refractivity contribution in [1.82, 2.24) is 0 Å². The van der Waals surface area contributed by atoms with E-state index in [1.165, 1.54) is 6.42 Å². The molecule has 19 heavy (non-hydrogen) atoms. The van der Waals surface area contributed by atoms with Gasteiger partial charge in [-0.1, -0.05) is 26.0 Å². The zero-order chi connectivity index (χ0) is 13.8. The smallest absolute Gasteiger partial charge is 0.119 e. The molecular weight excluding hydrogens is 236 g/mol. The minimum atomic E-state index is 0.198. The summed E-state index contributed by atoms with van der Waals surface area (Å²) in [5.74, 6) is 2.64. The van der Waals surface area contributed by atoms with Gasteiger partial charge >= 0.3 is 0 Å². The summed E-state index contributed by atoms with van der Waals surface area (Å²) in [6.45, 7) is 4.62. The van der Waals surface area contributed by atoms with Gasteiger partial charge in [-0.15, -0.1) is 0 Å². The molecule has 0 bridgehead atoms. The van der Waals surface area contributed by atoms with Crippen LogP contribution in [0.4, 0.5) is 0 Å². The number of nitrogens with two attached hydrogens (primary N) is 1. The van der Waals surface area contributed by atoms with Gasteiger partial charge in [-0.05, 0) is 48.8 Å². The number of amidine groups is 1. The van der Waals surface area contributed by atoms with Crippen LogP contribution < -0.4 is 10.5 Å². The van der Waals surface area contributed by atoms with E-state index in [0.717, 1.165) is 36.0 Å². The first kappa shape index (κ1) is 13.9. The van der Waals surface area contributed by atoms with E-state index < -0.39 is 0 Å². The molecule has 1 aliphatic rings. The van der Waals surface area contributed by atoms with Crippen molar-refractivity contribution in [3.63, 3.8) is 0 Å². The molecule has 0 amide bonds. The van der Waals surface area contributed by atoms with E-state index in [1.807, 2.05) is 24.3 Å². The number of hydrogen-bond acceptors (Lipinski definition) is 2. The molecule has 1 aromatic carbocycles. The van der Waals surface area contributed by atoms with Gasteiger partial charge in [0.1, 0.15) is 5.75 Å². The van der Waals surface area contributed by atoms with Crippen LogP contribution in [0.15, 0.2) is 24.3 Å². The quantitative estimate of drug-likeness (QED) is 0.644. The van der Waals surface area contributed by atoms with Gasteiger partial charge in [0.25, 0.3) is 0 Å². The fraction of sp³-hybridized carbons (Fsp3) is 0.562. The molecule has 1 aromatic rings. The standard InChI is InChI=1S/C16H24N2O/c1-11-7-12(2)9-15(8-11)19-14-5-3-13(4-6-14)10-16(17)18/h3-6,11-12,15H,7-10H2,1-2H3,(H3,17,18). The molecule has 1 aliphatic carbocycles. The monoisotopic (exact) mass is 260 g/mol. The topological polar surface area (TPSA) is 59.1 Å². The van der Waals surface area contributed by atoms with E-state index in [4.69, 9.17) is 15.9 Å². The Hall–Kier alpha value is -1.51. The first-order valence-corrected chi connectivity index (χ1v) is 7.11. The highest BCUT2D eigenvalue weighted by Gasteiger charge is 2.25. The summed E-state index contributed by atoms with van der Waals surface area (Å²) in [6.07, 6.45) is 4.48. The highest BCUT2D eigenvalue weighted by atomic mass is 16.5. The molecule has 3 heteroatoms. The predicted molar refractivity (Wildman–Crippen MR) is 78.7 cm³/mol. The molecule has 0 saturated heterocycles. The molecule has 0 aliphatic heterocycles. The molecule has 2 atom stereocenters. The van der Waals surface area contributed by atoms with E-state index in [0.29, 0.717) is 12.5 Å². The van der Waals surface area contributed by atoms with Gasteiger partial charge < -0.3 is 10.5 Å². The molecule has 1 fully saturated rings. The van der Waals surface area contributed by atoms with E-state index in [1.54, 1.807) is 0 Å². The molecule has 2 rings (SSSR count). The molecule has 104 valence electrons. The minimum absolute atomic E-state index is 0.198. The van der Waals surface area contributed by atoms with Gasteiger partial charge in [-0.3, -0.25) is 5.41 Å². The molecule has 1 saturated carbocycles. The second-order valence-electron chi connectivity index (χ2n) is 6.00. The maximum Gasteiger partial charge on any atom is 0.119 e. The highest BCUT2D eigenvalue weighted by molar-refractivity contribution is 5.79. The average Bonchev–Trinajstić information content (AvgIpc) is 2.29. The van der Waals surface area contributed by atoms with Crippen molar-refractivity contribution in [2.75, 3.05) is 0 Å². The normalized spacial score (nSPS) is 26.9. The Morgan fingerprint density at radius 2 is 1.74 bits per heavy atom. The molecule has 0 radical (unpaired) electrons. The van der Waals surface area contributed by atoms with Crippen LogP contribution in [0.25, 0.3) is 0 Å². The van der Waals surface area contributed by atoms with Crippen molar-refractivity contribution < 1.29 is 4.74 Å². The number of hydrogen-bond donors (Lipinski definition) is 2. The molecule has 3 nitrogen and oxygen atoms in total. The van der Waals surface area contributed by atoms with Gasteiger partial charge in [-0.25, -0.2) is 0 Å². The van der Waals surface area contributed by atoms with Crippen LogP contribution in [0, 0.1) is 17.2 Å². The summed E-state index contributed by atoms with van der Waals surface area (Å²) >= 11 is 0. The Morgan fingerprint density at radius 1 is 1.16 bits per heavy atom. The number of benzene rings is 1. The summed E-state index contributed by atoms with van der Waals surface area (Å²) < 4.78 is 6.07. The van der Waals surface area contributed by atoms with Gasteiger partial charge in [0, 0.05) is 6.42 Å². The van der Waals surface area contributed by atoms with E-state index in [2.05, 4.69) is 13.8 Å². The third-order valence-electron chi connectivity index (χ3n) is 3.76.